The average Bonchev–Trinajstić information content (AvgIpc) is 3.20. The van der Waals surface area contributed by atoms with Gasteiger partial charge in [0.25, 0.3) is 0 Å². The van der Waals surface area contributed by atoms with Gasteiger partial charge in [-0.2, -0.15) is 0 Å². The normalized spacial score (nSPS) is 13.7. The Morgan fingerprint density at radius 3 is 1.09 bits per heavy atom. The van der Waals surface area contributed by atoms with Crippen LogP contribution in [0, 0.1) is 0 Å². The van der Waals surface area contributed by atoms with Crippen molar-refractivity contribution in [3.05, 3.63) is 36.5 Å². The van der Waals surface area contributed by atoms with Crippen molar-refractivity contribution in [1.82, 2.24) is 5.32 Å². The highest BCUT2D eigenvalue weighted by Gasteiger charge is 2.26. The van der Waals surface area contributed by atoms with Gasteiger partial charge >= 0.3 is 0 Å². The molecule has 0 aliphatic rings. The van der Waals surface area contributed by atoms with Crippen molar-refractivity contribution in [2.45, 2.75) is 276 Å². The van der Waals surface area contributed by atoms with Crippen LogP contribution in [0.15, 0.2) is 36.5 Å². The second kappa shape index (κ2) is 46.3. The minimum Gasteiger partial charge on any atom is -0.394 e. The Bertz CT molecular complexity index is 870. The van der Waals surface area contributed by atoms with Gasteiger partial charge in [0, 0.05) is 6.42 Å². The number of carbonyl (C=O) groups excluding carboxylic acids is 1. The maximum absolute atomic E-state index is 12.5. The molecule has 4 N–H and O–H groups in total. The predicted molar refractivity (Wildman–Crippen MR) is 245 cm³/mol. The maximum Gasteiger partial charge on any atom is 0.220 e. The van der Waals surface area contributed by atoms with Gasteiger partial charge in [0.05, 0.1) is 18.8 Å². The van der Waals surface area contributed by atoms with E-state index in [0.29, 0.717) is 12.8 Å². The molecule has 0 aliphatic carbocycles. The van der Waals surface area contributed by atoms with Gasteiger partial charge < -0.3 is 20.6 Å². The molecule has 5 heteroatoms. The lowest BCUT2D eigenvalue weighted by Gasteiger charge is -2.26. The maximum atomic E-state index is 12.5. The average molecular weight is 788 g/mol. The number of unbranched alkanes of at least 4 members (excludes halogenated alkanes) is 31. The lowest BCUT2D eigenvalue weighted by atomic mass is 10.0. The van der Waals surface area contributed by atoms with Crippen molar-refractivity contribution in [2.24, 2.45) is 0 Å². The first kappa shape index (κ1) is 54.6. The smallest absolute Gasteiger partial charge is 0.220 e. The van der Waals surface area contributed by atoms with Gasteiger partial charge in [0.1, 0.15) is 6.10 Å². The molecule has 0 bridgehead atoms. The zero-order chi connectivity index (χ0) is 40.8. The second-order valence-corrected chi connectivity index (χ2v) is 17.0. The monoisotopic (exact) mass is 788 g/mol. The number of aliphatic hydroxyl groups is 3. The van der Waals surface area contributed by atoms with Crippen LogP contribution in [0.4, 0.5) is 0 Å². The summed E-state index contributed by atoms with van der Waals surface area (Å²) in [7, 11) is 0. The van der Waals surface area contributed by atoms with Crippen LogP contribution >= 0.6 is 0 Å². The van der Waals surface area contributed by atoms with Crippen molar-refractivity contribution in [2.75, 3.05) is 6.61 Å². The molecule has 0 spiro atoms. The van der Waals surface area contributed by atoms with E-state index in [2.05, 4.69) is 55.6 Å². The van der Waals surface area contributed by atoms with E-state index in [1.807, 2.05) is 0 Å². The van der Waals surface area contributed by atoms with Crippen LogP contribution in [0.25, 0.3) is 0 Å². The number of hydrogen-bond acceptors (Lipinski definition) is 4. The van der Waals surface area contributed by atoms with Crippen LogP contribution in [0.3, 0.4) is 0 Å². The number of carbonyl (C=O) groups is 1. The molecule has 0 radical (unpaired) electrons. The zero-order valence-corrected chi connectivity index (χ0v) is 37.5. The third-order valence-electron chi connectivity index (χ3n) is 11.4. The summed E-state index contributed by atoms with van der Waals surface area (Å²) in [6.07, 6.45) is 58.5. The molecule has 3 atom stereocenters. The highest BCUT2D eigenvalue weighted by molar-refractivity contribution is 5.76. The van der Waals surface area contributed by atoms with E-state index in [1.54, 1.807) is 0 Å². The summed E-state index contributed by atoms with van der Waals surface area (Å²) in [5, 5.41) is 33.5. The van der Waals surface area contributed by atoms with Crippen LogP contribution in [0.2, 0.25) is 0 Å². The summed E-state index contributed by atoms with van der Waals surface area (Å²) in [5.41, 5.74) is 0. The summed E-state index contributed by atoms with van der Waals surface area (Å²) in [4.78, 5) is 12.5. The number of nitrogens with one attached hydrogen (secondary N) is 1. The van der Waals surface area contributed by atoms with E-state index in [0.717, 1.165) is 44.9 Å². The number of allylic oxidation sites excluding steroid dienone is 6. The summed E-state index contributed by atoms with van der Waals surface area (Å²) in [6.45, 7) is 4.17. The van der Waals surface area contributed by atoms with Crippen molar-refractivity contribution in [1.29, 1.82) is 0 Å². The molecular formula is C51H97NO4. The summed E-state index contributed by atoms with van der Waals surface area (Å²) in [6, 6.07) is -0.832. The third kappa shape index (κ3) is 40.8. The zero-order valence-electron chi connectivity index (χ0n) is 37.5. The Labute approximate surface area is 349 Å². The summed E-state index contributed by atoms with van der Waals surface area (Å²) >= 11 is 0. The van der Waals surface area contributed by atoms with Crippen molar-refractivity contribution in [3.63, 3.8) is 0 Å². The molecule has 1 amide bonds. The molecule has 56 heavy (non-hydrogen) atoms. The standard InChI is InChI=1S/C51H97NO4/c1-3-5-7-9-11-13-15-17-19-20-21-22-23-24-25-26-27-28-29-30-32-34-36-38-40-42-44-46-50(55)52-48(47-53)51(56)49(54)45-43-41-39-37-35-33-31-18-16-14-12-10-8-6-4-2/h18,24-25,31,37,39,48-49,51,53-54,56H,3-17,19-23,26-30,32-36,38,40-47H2,1-2H3,(H,52,55)/b25-24-,31-18+,39-37+. The Kier molecular flexibility index (Phi) is 45.1. The van der Waals surface area contributed by atoms with Gasteiger partial charge in [-0.15, -0.1) is 0 Å². The first-order valence-corrected chi connectivity index (χ1v) is 24.8. The van der Waals surface area contributed by atoms with E-state index in [9.17, 15) is 20.1 Å². The highest BCUT2D eigenvalue weighted by atomic mass is 16.3. The van der Waals surface area contributed by atoms with Gasteiger partial charge in [-0.25, -0.2) is 0 Å². The highest BCUT2D eigenvalue weighted by Crippen LogP contribution is 2.16. The Hall–Kier alpha value is -1.43. The van der Waals surface area contributed by atoms with Crippen molar-refractivity contribution in [3.8, 4) is 0 Å². The Morgan fingerprint density at radius 2 is 0.732 bits per heavy atom. The fourth-order valence-electron chi connectivity index (χ4n) is 7.59. The van der Waals surface area contributed by atoms with Gasteiger partial charge in [0.2, 0.25) is 5.91 Å². The Balaban J connectivity index is 3.59. The van der Waals surface area contributed by atoms with E-state index in [4.69, 9.17) is 0 Å². The minimum atomic E-state index is -1.17. The molecule has 0 aromatic rings. The second-order valence-electron chi connectivity index (χ2n) is 17.0. The van der Waals surface area contributed by atoms with Crippen LogP contribution in [-0.2, 0) is 4.79 Å². The van der Waals surface area contributed by atoms with E-state index in [-0.39, 0.29) is 12.5 Å². The number of rotatable bonds is 45. The molecule has 0 aromatic heterocycles. The van der Waals surface area contributed by atoms with E-state index >= 15 is 0 Å². The van der Waals surface area contributed by atoms with Gasteiger partial charge in [-0.05, 0) is 77.0 Å². The molecule has 0 aliphatic heterocycles. The number of hydrogen-bond donors (Lipinski definition) is 4. The topological polar surface area (TPSA) is 89.8 Å². The van der Waals surface area contributed by atoms with Crippen LogP contribution in [-0.4, -0.2) is 46.1 Å². The molecule has 0 rings (SSSR count). The van der Waals surface area contributed by atoms with E-state index < -0.39 is 18.2 Å². The molecule has 5 nitrogen and oxygen atoms in total. The van der Waals surface area contributed by atoms with Gasteiger partial charge in [-0.3, -0.25) is 4.79 Å². The van der Waals surface area contributed by atoms with Gasteiger partial charge in [0.15, 0.2) is 0 Å². The molecule has 0 fully saturated rings. The first-order chi connectivity index (χ1) is 27.6. The molecular weight excluding hydrogens is 691 g/mol. The Morgan fingerprint density at radius 1 is 0.429 bits per heavy atom. The fourth-order valence-corrected chi connectivity index (χ4v) is 7.59. The van der Waals surface area contributed by atoms with Crippen molar-refractivity contribution < 1.29 is 20.1 Å². The van der Waals surface area contributed by atoms with Crippen LogP contribution in [0.5, 0.6) is 0 Å². The SMILES string of the molecule is CCCCCCCC/C=C/CC/C=C/CCCC(O)C(O)C(CO)NC(=O)CCCCCCCCCCCCC/C=C\CCCCCCCCCCCCCC. The summed E-state index contributed by atoms with van der Waals surface area (Å²) < 4.78 is 0. The fraction of sp³-hybridized carbons (Fsp3) is 0.863. The predicted octanol–water partition coefficient (Wildman–Crippen LogP) is 14.7. The van der Waals surface area contributed by atoms with Gasteiger partial charge in [-0.1, -0.05) is 211 Å². The number of amides is 1. The van der Waals surface area contributed by atoms with Crippen LogP contribution in [0.1, 0.15) is 258 Å². The molecule has 330 valence electrons. The minimum absolute atomic E-state index is 0.158. The lowest BCUT2D eigenvalue weighted by Crippen LogP contribution is -2.50. The third-order valence-corrected chi connectivity index (χ3v) is 11.4. The number of aliphatic hydroxyl groups excluding tert-OH is 3. The van der Waals surface area contributed by atoms with Crippen LogP contribution < -0.4 is 5.32 Å². The molecule has 0 aromatic carbocycles. The first-order valence-electron chi connectivity index (χ1n) is 24.8. The van der Waals surface area contributed by atoms with E-state index in [1.165, 1.54) is 186 Å². The molecule has 0 saturated heterocycles. The molecule has 3 unspecified atom stereocenters. The summed E-state index contributed by atoms with van der Waals surface area (Å²) in [5.74, 6) is -0.158. The molecule has 0 heterocycles. The largest absolute Gasteiger partial charge is 0.394 e. The quantitative estimate of drug-likeness (QED) is 0.0365. The lowest BCUT2D eigenvalue weighted by molar-refractivity contribution is -0.124. The molecule has 0 saturated carbocycles. The van der Waals surface area contributed by atoms with Crippen molar-refractivity contribution >= 4 is 5.91 Å².